The van der Waals surface area contributed by atoms with Crippen LogP contribution in [0.25, 0.3) is 22.3 Å². The maximum absolute atomic E-state index is 10.9. The maximum Gasteiger partial charge on any atom is 0.137 e. The van der Waals surface area contributed by atoms with Crippen molar-refractivity contribution in [2.75, 3.05) is 14.2 Å². The molecule has 0 saturated carbocycles. The van der Waals surface area contributed by atoms with Crippen molar-refractivity contribution in [1.29, 1.82) is 0 Å². The summed E-state index contributed by atoms with van der Waals surface area (Å²) in [5.74, 6) is 1.95. The predicted molar refractivity (Wildman–Crippen MR) is 132 cm³/mol. The average molecular weight is 463 g/mol. The Balaban J connectivity index is 1.56. The molecular formula is C26H22O4S2. The molecule has 0 aliphatic carbocycles. The van der Waals surface area contributed by atoms with Crippen molar-refractivity contribution in [3.8, 4) is 45.3 Å². The van der Waals surface area contributed by atoms with Gasteiger partial charge in [-0.15, -0.1) is 0 Å². The molecule has 4 rings (SSSR count). The number of benzene rings is 4. The van der Waals surface area contributed by atoms with E-state index in [2.05, 4.69) is 0 Å². The van der Waals surface area contributed by atoms with Gasteiger partial charge in [-0.2, -0.15) is 0 Å². The first-order valence-electron chi connectivity index (χ1n) is 9.88. The molecule has 0 aliphatic heterocycles. The first-order chi connectivity index (χ1) is 15.6. The Morgan fingerprint density at radius 3 is 1.25 bits per heavy atom. The molecule has 0 fully saturated rings. The molecule has 4 nitrogen and oxygen atoms in total. The van der Waals surface area contributed by atoms with Gasteiger partial charge in [0.2, 0.25) is 0 Å². The molecule has 0 radical (unpaired) electrons. The zero-order valence-electron chi connectivity index (χ0n) is 17.6. The molecule has 0 unspecified atom stereocenters. The van der Waals surface area contributed by atoms with Crippen LogP contribution in [0.1, 0.15) is 0 Å². The Labute approximate surface area is 195 Å². The lowest BCUT2D eigenvalue weighted by Crippen LogP contribution is -1.85. The highest BCUT2D eigenvalue weighted by Crippen LogP contribution is 2.48. The van der Waals surface area contributed by atoms with Gasteiger partial charge in [0.1, 0.15) is 23.0 Å². The fourth-order valence-electron chi connectivity index (χ4n) is 3.28. The number of rotatable bonds is 7. The first kappa shape index (κ1) is 22.0. The highest BCUT2D eigenvalue weighted by molar-refractivity contribution is 8.76. The van der Waals surface area contributed by atoms with Crippen LogP contribution in [0, 0.1) is 0 Å². The zero-order chi connectivity index (χ0) is 22.5. The smallest absolute Gasteiger partial charge is 0.137 e. The predicted octanol–water partition coefficient (Wildman–Crippen LogP) is 7.25. The van der Waals surface area contributed by atoms with E-state index in [0.29, 0.717) is 0 Å². The van der Waals surface area contributed by atoms with Crippen molar-refractivity contribution in [3.63, 3.8) is 0 Å². The molecule has 0 amide bonds. The highest BCUT2D eigenvalue weighted by atomic mass is 33.1. The van der Waals surface area contributed by atoms with E-state index in [-0.39, 0.29) is 11.5 Å². The molecule has 4 aromatic carbocycles. The third-order valence-electron chi connectivity index (χ3n) is 5.02. The van der Waals surface area contributed by atoms with Gasteiger partial charge >= 0.3 is 0 Å². The fraction of sp³-hybridized carbons (Fsp3) is 0.0769. The standard InChI is InChI=1S/C26H22O4S2/c1-29-19-13-9-17(10-14-19)21-5-3-7-23(25(21)27)31-32-24-8-4-6-22(26(24)28)18-11-15-20(30-2)16-12-18/h3-16,27-28H,1-2H3. The summed E-state index contributed by atoms with van der Waals surface area (Å²) in [4.78, 5) is 1.44. The number of methoxy groups -OCH3 is 2. The summed E-state index contributed by atoms with van der Waals surface area (Å²) < 4.78 is 10.4. The Morgan fingerprint density at radius 2 is 0.906 bits per heavy atom. The second-order valence-corrected chi connectivity index (χ2v) is 9.14. The van der Waals surface area contributed by atoms with Crippen LogP contribution >= 0.6 is 21.6 Å². The lowest BCUT2D eigenvalue weighted by molar-refractivity contribution is 0.414. The minimum atomic E-state index is 0.209. The van der Waals surface area contributed by atoms with Gasteiger partial charge in [-0.3, -0.25) is 0 Å². The van der Waals surface area contributed by atoms with Crippen molar-refractivity contribution in [3.05, 3.63) is 84.9 Å². The Morgan fingerprint density at radius 1 is 0.531 bits per heavy atom. The van der Waals surface area contributed by atoms with Crippen LogP contribution < -0.4 is 9.47 Å². The van der Waals surface area contributed by atoms with Crippen LogP contribution in [-0.4, -0.2) is 24.4 Å². The van der Waals surface area contributed by atoms with Gasteiger partial charge in [-0.25, -0.2) is 0 Å². The average Bonchev–Trinajstić information content (AvgIpc) is 2.84. The van der Waals surface area contributed by atoms with E-state index in [9.17, 15) is 10.2 Å². The van der Waals surface area contributed by atoms with Crippen LogP contribution in [0.15, 0.2) is 94.7 Å². The molecule has 0 aromatic heterocycles. The minimum absolute atomic E-state index is 0.209. The van der Waals surface area contributed by atoms with Crippen LogP contribution in [0.5, 0.6) is 23.0 Å². The molecule has 0 bridgehead atoms. The van der Waals surface area contributed by atoms with E-state index in [0.717, 1.165) is 43.5 Å². The van der Waals surface area contributed by atoms with Crippen LogP contribution in [0.2, 0.25) is 0 Å². The summed E-state index contributed by atoms with van der Waals surface area (Å²) in [5.41, 5.74) is 3.30. The number of hydrogen-bond donors (Lipinski definition) is 2. The molecule has 0 spiro atoms. The number of para-hydroxylation sites is 2. The number of ether oxygens (including phenoxy) is 2. The molecule has 4 aromatic rings. The largest absolute Gasteiger partial charge is 0.506 e. The molecule has 2 N–H and O–H groups in total. The molecule has 32 heavy (non-hydrogen) atoms. The zero-order valence-corrected chi connectivity index (χ0v) is 19.2. The summed E-state index contributed by atoms with van der Waals surface area (Å²) in [5, 5.41) is 21.7. The molecule has 162 valence electrons. The molecule has 0 heterocycles. The van der Waals surface area contributed by atoms with Crippen molar-refractivity contribution >= 4 is 21.6 Å². The lowest BCUT2D eigenvalue weighted by atomic mass is 10.0. The molecule has 6 heteroatoms. The van der Waals surface area contributed by atoms with Crippen molar-refractivity contribution < 1.29 is 19.7 Å². The van der Waals surface area contributed by atoms with Crippen molar-refractivity contribution in [1.82, 2.24) is 0 Å². The summed E-state index contributed by atoms with van der Waals surface area (Å²) in [6.45, 7) is 0. The molecule has 0 saturated heterocycles. The Bertz CT molecular complexity index is 1110. The van der Waals surface area contributed by atoms with Gasteiger partial charge in [0.05, 0.1) is 24.0 Å². The molecule has 0 aliphatic rings. The second kappa shape index (κ2) is 9.94. The van der Waals surface area contributed by atoms with E-state index in [1.54, 1.807) is 14.2 Å². The first-order valence-corrected chi connectivity index (χ1v) is 12.0. The summed E-state index contributed by atoms with van der Waals surface area (Å²) in [7, 11) is 6.06. The summed E-state index contributed by atoms with van der Waals surface area (Å²) in [6.07, 6.45) is 0. The fourth-order valence-corrected chi connectivity index (χ4v) is 5.45. The van der Waals surface area contributed by atoms with Gasteiger partial charge in [0.25, 0.3) is 0 Å². The molecular weight excluding hydrogens is 440 g/mol. The van der Waals surface area contributed by atoms with E-state index in [1.807, 2.05) is 84.9 Å². The number of hydrogen-bond acceptors (Lipinski definition) is 6. The number of phenolic OH excluding ortho intramolecular Hbond substituents is 2. The minimum Gasteiger partial charge on any atom is -0.506 e. The Hall–Kier alpha value is -3.22. The van der Waals surface area contributed by atoms with E-state index in [4.69, 9.17) is 9.47 Å². The van der Waals surface area contributed by atoms with Crippen molar-refractivity contribution in [2.24, 2.45) is 0 Å². The van der Waals surface area contributed by atoms with Gasteiger partial charge in [0.15, 0.2) is 0 Å². The number of phenols is 2. The topological polar surface area (TPSA) is 58.9 Å². The van der Waals surface area contributed by atoms with Gasteiger partial charge < -0.3 is 19.7 Å². The van der Waals surface area contributed by atoms with Crippen molar-refractivity contribution in [2.45, 2.75) is 9.79 Å². The molecule has 0 atom stereocenters. The monoisotopic (exact) mass is 462 g/mol. The lowest BCUT2D eigenvalue weighted by Gasteiger charge is -2.12. The quantitative estimate of drug-likeness (QED) is 0.282. The summed E-state index contributed by atoms with van der Waals surface area (Å²) in [6, 6.07) is 26.5. The van der Waals surface area contributed by atoms with Crippen LogP contribution in [-0.2, 0) is 0 Å². The SMILES string of the molecule is COc1ccc(-c2cccc(SSc3cccc(-c4ccc(OC)cc4)c3O)c2O)cc1. The third-order valence-corrected chi connectivity index (χ3v) is 7.45. The van der Waals surface area contributed by atoms with E-state index < -0.39 is 0 Å². The van der Waals surface area contributed by atoms with Gasteiger partial charge in [0, 0.05) is 11.1 Å². The third kappa shape index (κ3) is 4.66. The van der Waals surface area contributed by atoms with E-state index >= 15 is 0 Å². The van der Waals surface area contributed by atoms with Crippen LogP contribution in [0.4, 0.5) is 0 Å². The number of aromatic hydroxyl groups is 2. The van der Waals surface area contributed by atoms with Gasteiger partial charge in [-0.1, -0.05) is 48.5 Å². The Kier molecular flexibility index (Phi) is 6.83. The van der Waals surface area contributed by atoms with E-state index in [1.165, 1.54) is 21.6 Å². The maximum atomic E-state index is 10.9. The normalized spacial score (nSPS) is 10.7. The highest BCUT2D eigenvalue weighted by Gasteiger charge is 2.14. The summed E-state index contributed by atoms with van der Waals surface area (Å²) >= 11 is 0. The van der Waals surface area contributed by atoms with Gasteiger partial charge in [-0.05, 0) is 69.1 Å². The second-order valence-electron chi connectivity index (χ2n) is 6.93. The van der Waals surface area contributed by atoms with Crippen LogP contribution in [0.3, 0.4) is 0 Å².